The van der Waals surface area contributed by atoms with Gasteiger partial charge < -0.3 is 10.4 Å². The van der Waals surface area contributed by atoms with Gasteiger partial charge in [0.1, 0.15) is 0 Å². The molecule has 1 saturated heterocycles. The van der Waals surface area contributed by atoms with E-state index in [9.17, 15) is 5.11 Å². The lowest BCUT2D eigenvalue weighted by Gasteiger charge is -2.24. The maximum Gasteiger partial charge on any atom is 0.0840 e. The van der Waals surface area contributed by atoms with Gasteiger partial charge in [-0.25, -0.2) is 0 Å². The number of hydrogen-bond donors (Lipinski definition) is 2. The lowest BCUT2D eigenvalue weighted by molar-refractivity contribution is 0.0785. The van der Waals surface area contributed by atoms with Crippen LogP contribution in [-0.4, -0.2) is 18.2 Å². The van der Waals surface area contributed by atoms with Crippen molar-refractivity contribution >= 4 is 0 Å². The topological polar surface area (TPSA) is 32.3 Å². The molecule has 1 aliphatic rings. The van der Waals surface area contributed by atoms with E-state index in [0.717, 1.165) is 24.4 Å². The third kappa shape index (κ3) is 3.55. The summed E-state index contributed by atoms with van der Waals surface area (Å²) in [6, 6.07) is 8.37. The number of benzene rings is 1. The van der Waals surface area contributed by atoms with Crippen molar-refractivity contribution in [2.45, 2.75) is 38.7 Å². The highest BCUT2D eigenvalue weighted by molar-refractivity contribution is 5.27. The van der Waals surface area contributed by atoms with Crippen molar-refractivity contribution in [3.63, 3.8) is 0 Å². The van der Waals surface area contributed by atoms with E-state index in [1.54, 1.807) is 0 Å². The summed E-state index contributed by atoms with van der Waals surface area (Å²) in [5.74, 6) is 0.751. The van der Waals surface area contributed by atoms with Gasteiger partial charge in [0.05, 0.1) is 5.60 Å². The molecule has 0 spiro atoms. The summed E-state index contributed by atoms with van der Waals surface area (Å²) in [4.78, 5) is 0. The highest BCUT2D eigenvalue weighted by Crippen LogP contribution is 2.23. The van der Waals surface area contributed by atoms with Crippen molar-refractivity contribution in [1.29, 1.82) is 0 Å². The van der Waals surface area contributed by atoms with Crippen molar-refractivity contribution in [2.24, 2.45) is 5.92 Å². The van der Waals surface area contributed by atoms with Crippen molar-refractivity contribution in [1.82, 2.24) is 5.32 Å². The summed E-state index contributed by atoms with van der Waals surface area (Å²) in [6.45, 7) is 5.98. The highest BCUT2D eigenvalue weighted by Gasteiger charge is 2.17. The minimum absolute atomic E-state index is 0.735. The lowest BCUT2D eigenvalue weighted by Crippen LogP contribution is -2.30. The maximum atomic E-state index is 10.0. The number of hydrogen-bond acceptors (Lipinski definition) is 2. The third-order valence-electron chi connectivity index (χ3n) is 3.56. The first kappa shape index (κ1) is 12.6. The van der Waals surface area contributed by atoms with E-state index in [2.05, 4.69) is 23.5 Å². The van der Waals surface area contributed by atoms with Crippen LogP contribution in [0.25, 0.3) is 0 Å². The molecule has 2 rings (SSSR count). The van der Waals surface area contributed by atoms with Crippen LogP contribution in [0.2, 0.25) is 0 Å². The van der Waals surface area contributed by atoms with E-state index in [1.807, 2.05) is 19.9 Å². The normalized spacial score (nSPS) is 21.5. The smallest absolute Gasteiger partial charge is 0.0840 e. The Hall–Kier alpha value is -0.860. The molecule has 0 saturated carbocycles. The number of aliphatic hydroxyl groups is 1. The molecule has 0 amide bonds. The minimum Gasteiger partial charge on any atom is -0.386 e. The Labute approximate surface area is 104 Å². The van der Waals surface area contributed by atoms with Crippen LogP contribution in [0.5, 0.6) is 0 Å². The third-order valence-corrected chi connectivity index (χ3v) is 3.56. The zero-order valence-electron chi connectivity index (χ0n) is 10.9. The predicted octanol–water partition coefficient (Wildman–Crippen LogP) is 2.46. The van der Waals surface area contributed by atoms with Crippen molar-refractivity contribution in [3.05, 3.63) is 35.4 Å². The monoisotopic (exact) mass is 233 g/mol. The number of nitrogens with one attached hydrogen (secondary N) is 1. The van der Waals surface area contributed by atoms with Crippen LogP contribution in [-0.2, 0) is 12.0 Å². The van der Waals surface area contributed by atoms with Crippen molar-refractivity contribution < 1.29 is 5.11 Å². The van der Waals surface area contributed by atoms with Gasteiger partial charge in [-0.1, -0.05) is 24.3 Å². The minimum atomic E-state index is -0.735. The highest BCUT2D eigenvalue weighted by atomic mass is 16.3. The van der Waals surface area contributed by atoms with Gasteiger partial charge >= 0.3 is 0 Å². The van der Waals surface area contributed by atoms with E-state index in [-0.39, 0.29) is 0 Å². The predicted molar refractivity (Wildman–Crippen MR) is 71.0 cm³/mol. The molecular weight excluding hydrogens is 210 g/mol. The fraction of sp³-hybridized carbons (Fsp3) is 0.600. The van der Waals surface area contributed by atoms with Crippen molar-refractivity contribution in [2.75, 3.05) is 13.1 Å². The molecule has 1 unspecified atom stereocenters. The molecule has 2 nitrogen and oxygen atoms in total. The quantitative estimate of drug-likeness (QED) is 0.840. The number of piperidine rings is 1. The number of rotatable bonds is 3. The second kappa shape index (κ2) is 5.19. The SMILES string of the molecule is CC(C)(O)c1cccc(CC2CCCNC2)c1. The van der Waals surface area contributed by atoms with Crippen LogP contribution in [0, 0.1) is 5.92 Å². The molecule has 1 aromatic rings. The average molecular weight is 233 g/mol. The standard InChI is InChI=1S/C15H23NO/c1-15(2,17)14-7-3-5-12(10-14)9-13-6-4-8-16-11-13/h3,5,7,10,13,16-17H,4,6,8-9,11H2,1-2H3. The van der Waals surface area contributed by atoms with Crippen LogP contribution in [0.4, 0.5) is 0 Å². The molecule has 17 heavy (non-hydrogen) atoms. The zero-order chi connectivity index (χ0) is 12.3. The molecule has 2 heteroatoms. The first-order valence-electron chi connectivity index (χ1n) is 6.58. The van der Waals surface area contributed by atoms with E-state index in [1.165, 1.54) is 24.9 Å². The van der Waals surface area contributed by atoms with E-state index >= 15 is 0 Å². The second-order valence-electron chi connectivity index (χ2n) is 5.68. The summed E-state index contributed by atoms with van der Waals surface area (Å²) in [7, 11) is 0. The summed E-state index contributed by atoms with van der Waals surface area (Å²) in [6.07, 6.45) is 3.73. The van der Waals surface area contributed by atoms with Gasteiger partial charge in [-0.2, -0.15) is 0 Å². The molecule has 1 aliphatic heterocycles. The van der Waals surface area contributed by atoms with Crippen LogP contribution < -0.4 is 5.32 Å². The molecule has 1 heterocycles. The lowest BCUT2D eigenvalue weighted by atomic mass is 9.89. The Morgan fingerprint density at radius 2 is 2.24 bits per heavy atom. The Morgan fingerprint density at radius 3 is 2.88 bits per heavy atom. The van der Waals surface area contributed by atoms with E-state index in [0.29, 0.717) is 0 Å². The van der Waals surface area contributed by atoms with Gasteiger partial charge in [0.2, 0.25) is 0 Å². The van der Waals surface area contributed by atoms with Gasteiger partial charge in [-0.3, -0.25) is 0 Å². The molecule has 94 valence electrons. The molecule has 1 atom stereocenters. The Balaban J connectivity index is 2.05. The molecule has 0 aliphatic carbocycles. The molecule has 2 N–H and O–H groups in total. The van der Waals surface area contributed by atoms with Crippen LogP contribution in [0.15, 0.2) is 24.3 Å². The largest absolute Gasteiger partial charge is 0.386 e. The van der Waals surface area contributed by atoms with Gasteiger partial charge in [-0.15, -0.1) is 0 Å². The molecule has 0 aromatic heterocycles. The summed E-state index contributed by atoms with van der Waals surface area (Å²) < 4.78 is 0. The maximum absolute atomic E-state index is 10.0. The molecule has 0 bridgehead atoms. The molecule has 1 fully saturated rings. The van der Waals surface area contributed by atoms with Gasteiger partial charge in [0.15, 0.2) is 0 Å². The Bertz CT molecular complexity index is 361. The summed E-state index contributed by atoms with van der Waals surface area (Å²) >= 11 is 0. The first-order valence-corrected chi connectivity index (χ1v) is 6.58. The molecule has 0 radical (unpaired) electrons. The van der Waals surface area contributed by atoms with Crippen LogP contribution in [0.3, 0.4) is 0 Å². The van der Waals surface area contributed by atoms with Gasteiger partial charge in [0, 0.05) is 0 Å². The fourth-order valence-electron chi connectivity index (χ4n) is 2.51. The van der Waals surface area contributed by atoms with E-state index in [4.69, 9.17) is 0 Å². The van der Waals surface area contributed by atoms with Gasteiger partial charge in [0.25, 0.3) is 0 Å². The van der Waals surface area contributed by atoms with E-state index < -0.39 is 5.60 Å². The molecular formula is C15H23NO. The van der Waals surface area contributed by atoms with Crippen LogP contribution >= 0.6 is 0 Å². The second-order valence-corrected chi connectivity index (χ2v) is 5.68. The Morgan fingerprint density at radius 1 is 1.41 bits per heavy atom. The van der Waals surface area contributed by atoms with Crippen LogP contribution in [0.1, 0.15) is 37.8 Å². The molecule has 1 aromatic carbocycles. The average Bonchev–Trinajstić information content (AvgIpc) is 2.29. The van der Waals surface area contributed by atoms with Gasteiger partial charge in [-0.05, 0) is 63.2 Å². The summed E-state index contributed by atoms with van der Waals surface area (Å²) in [5, 5.41) is 13.5. The zero-order valence-corrected chi connectivity index (χ0v) is 10.9. The Kier molecular flexibility index (Phi) is 3.85. The first-order chi connectivity index (χ1) is 8.05. The summed E-state index contributed by atoms with van der Waals surface area (Å²) in [5.41, 5.74) is 1.62. The fourth-order valence-corrected chi connectivity index (χ4v) is 2.51. The van der Waals surface area contributed by atoms with Crippen molar-refractivity contribution in [3.8, 4) is 0 Å².